The lowest BCUT2D eigenvalue weighted by atomic mass is 9.60. The Morgan fingerprint density at radius 1 is 1.06 bits per heavy atom. The van der Waals surface area contributed by atoms with E-state index in [4.69, 9.17) is 4.74 Å². The Balaban J connectivity index is 1.41. The Morgan fingerprint density at radius 3 is 2.20 bits per heavy atom. The monoisotopic (exact) mass is 473 g/mol. The maximum atomic E-state index is 13.3. The number of methoxy groups -OCH3 is 1. The Bertz CT molecular complexity index is 1170. The Morgan fingerprint density at radius 2 is 1.69 bits per heavy atom. The normalized spacial score (nSPS) is 24.0. The van der Waals surface area contributed by atoms with E-state index in [0.29, 0.717) is 18.7 Å². The van der Waals surface area contributed by atoms with Gasteiger partial charge in [0.05, 0.1) is 7.11 Å². The van der Waals surface area contributed by atoms with Gasteiger partial charge in [-0.1, -0.05) is 5.92 Å². The zero-order valence-corrected chi connectivity index (χ0v) is 20.7. The molecular formula is C28H31N3O4. The largest absolute Gasteiger partial charge is 0.480 e. The average molecular weight is 474 g/mol. The topological polar surface area (TPSA) is 98.2 Å². The number of carbonyl (C=O) groups excluding carboxylic acids is 3. The molecule has 0 radical (unpaired) electrons. The Kier molecular flexibility index (Phi) is 7.02. The predicted octanol–water partition coefficient (Wildman–Crippen LogP) is 3.85. The first kappa shape index (κ1) is 24.6. The number of aromatic nitrogens is 2. The summed E-state index contributed by atoms with van der Waals surface area (Å²) in [6.45, 7) is 5.70. The van der Waals surface area contributed by atoms with Crippen LogP contribution in [0, 0.1) is 31.1 Å². The van der Waals surface area contributed by atoms with Gasteiger partial charge in [0.2, 0.25) is 5.88 Å². The fraction of sp³-hybridized carbons (Fsp3) is 0.464. The van der Waals surface area contributed by atoms with Gasteiger partial charge in [-0.3, -0.25) is 14.4 Å². The molecule has 0 aliphatic heterocycles. The van der Waals surface area contributed by atoms with Gasteiger partial charge in [0.25, 0.3) is 5.91 Å². The molecule has 2 aromatic rings. The van der Waals surface area contributed by atoms with Gasteiger partial charge in [-0.15, -0.1) is 16.1 Å². The number of hydrogen-bond donors (Lipinski definition) is 1. The summed E-state index contributed by atoms with van der Waals surface area (Å²) in [5.74, 6) is 5.37. The van der Waals surface area contributed by atoms with E-state index < -0.39 is 5.92 Å². The summed E-state index contributed by atoms with van der Waals surface area (Å²) in [5.41, 5.74) is 3.56. The molecule has 1 heterocycles. The van der Waals surface area contributed by atoms with E-state index in [1.165, 1.54) is 7.11 Å². The molecule has 1 N–H and O–H groups in total. The van der Waals surface area contributed by atoms with Gasteiger partial charge in [0.1, 0.15) is 17.5 Å². The first-order valence-electron chi connectivity index (χ1n) is 12.0. The summed E-state index contributed by atoms with van der Waals surface area (Å²) in [4.78, 5) is 39.2. The molecule has 2 aliphatic carbocycles. The van der Waals surface area contributed by atoms with Crippen LogP contribution >= 0.6 is 0 Å². The Labute approximate surface area is 206 Å². The van der Waals surface area contributed by atoms with Crippen molar-refractivity contribution in [2.45, 2.75) is 71.3 Å². The van der Waals surface area contributed by atoms with Crippen LogP contribution in [0.4, 0.5) is 0 Å². The number of rotatable bonds is 4. The molecule has 1 spiro atoms. The third-order valence-corrected chi connectivity index (χ3v) is 7.36. The zero-order chi connectivity index (χ0) is 25.2. The first-order chi connectivity index (χ1) is 16.7. The smallest absolute Gasteiger partial charge is 0.272 e. The second-order valence-electron chi connectivity index (χ2n) is 9.83. The number of nitrogens with zero attached hydrogens (tertiary/aromatic N) is 2. The van der Waals surface area contributed by atoms with E-state index in [2.05, 4.69) is 27.4 Å². The number of Topliss-reactive ketones (excluding diaryl/α,β-unsaturated/α-hetero) is 2. The fourth-order valence-electron chi connectivity index (χ4n) is 5.69. The number of ketones is 2. The van der Waals surface area contributed by atoms with Crippen LogP contribution < -0.4 is 10.1 Å². The number of nitrogens with one attached hydrogen (secondary N) is 1. The zero-order valence-electron chi connectivity index (χ0n) is 20.7. The highest BCUT2D eigenvalue weighted by molar-refractivity contribution is 6.10. The van der Waals surface area contributed by atoms with E-state index >= 15 is 0 Å². The standard InChI is InChI=1S/C28H31N3O4/c1-5-6-19-13-17(2)25(18(3)14-19)26-22(32)15-28(16-23(26)33)11-9-20(10-12-28)29-27(34)21-7-8-24(35-4)31-30-21/h7-8,13-14,20,26H,9-12,15-16H2,1-4H3,(H,29,34). The molecule has 7 heteroatoms. The van der Waals surface area contributed by atoms with E-state index in [1.807, 2.05) is 26.0 Å². The van der Waals surface area contributed by atoms with E-state index in [1.54, 1.807) is 19.1 Å². The van der Waals surface area contributed by atoms with Gasteiger partial charge in [-0.05, 0) is 86.8 Å². The van der Waals surface area contributed by atoms with Gasteiger partial charge in [-0.2, -0.15) is 0 Å². The van der Waals surface area contributed by atoms with Crippen molar-refractivity contribution in [3.63, 3.8) is 0 Å². The van der Waals surface area contributed by atoms with Crippen LogP contribution in [0.15, 0.2) is 24.3 Å². The molecule has 4 rings (SSSR count). The second kappa shape index (κ2) is 9.99. The highest BCUT2D eigenvalue weighted by atomic mass is 16.5. The third kappa shape index (κ3) is 5.12. The number of carbonyl (C=O) groups is 3. The maximum absolute atomic E-state index is 13.3. The summed E-state index contributed by atoms with van der Waals surface area (Å²) >= 11 is 0. The van der Waals surface area contributed by atoms with Gasteiger partial charge >= 0.3 is 0 Å². The van der Waals surface area contributed by atoms with Crippen molar-refractivity contribution in [1.82, 2.24) is 15.5 Å². The van der Waals surface area contributed by atoms with Crippen LogP contribution in [0.2, 0.25) is 0 Å². The van der Waals surface area contributed by atoms with Gasteiger partial charge < -0.3 is 10.1 Å². The summed E-state index contributed by atoms with van der Waals surface area (Å²) in [5, 5.41) is 10.8. The molecule has 0 bridgehead atoms. The van der Waals surface area contributed by atoms with Crippen LogP contribution in [0.5, 0.6) is 5.88 Å². The molecule has 7 nitrogen and oxygen atoms in total. The molecule has 0 saturated heterocycles. The van der Waals surface area contributed by atoms with Crippen molar-refractivity contribution in [3.8, 4) is 17.7 Å². The van der Waals surface area contributed by atoms with Crippen LogP contribution in [0.25, 0.3) is 0 Å². The van der Waals surface area contributed by atoms with E-state index in [0.717, 1.165) is 47.9 Å². The molecule has 182 valence electrons. The van der Waals surface area contributed by atoms with Crippen LogP contribution in [-0.2, 0) is 9.59 Å². The summed E-state index contributed by atoms with van der Waals surface area (Å²) in [6, 6.07) is 7.09. The minimum absolute atomic E-state index is 0.0118. The number of benzene rings is 1. The minimum atomic E-state index is -0.685. The van der Waals surface area contributed by atoms with E-state index in [-0.39, 0.29) is 34.6 Å². The predicted molar refractivity (Wildman–Crippen MR) is 131 cm³/mol. The first-order valence-corrected chi connectivity index (χ1v) is 12.0. The van der Waals surface area contributed by atoms with Crippen molar-refractivity contribution in [1.29, 1.82) is 0 Å². The van der Waals surface area contributed by atoms with Crippen LogP contribution in [0.3, 0.4) is 0 Å². The average Bonchev–Trinajstić information content (AvgIpc) is 2.82. The quantitative estimate of drug-likeness (QED) is 0.535. The van der Waals surface area contributed by atoms with Crippen molar-refractivity contribution in [2.24, 2.45) is 5.41 Å². The van der Waals surface area contributed by atoms with Crippen molar-refractivity contribution < 1.29 is 19.1 Å². The number of hydrogen-bond acceptors (Lipinski definition) is 6. The lowest BCUT2D eigenvalue weighted by Gasteiger charge is -2.43. The van der Waals surface area contributed by atoms with Crippen molar-refractivity contribution in [2.75, 3.05) is 7.11 Å². The summed E-state index contributed by atoms with van der Waals surface area (Å²) < 4.78 is 4.98. The van der Waals surface area contributed by atoms with Gasteiger partial charge in [0, 0.05) is 30.5 Å². The molecule has 1 amide bonds. The fourth-order valence-corrected chi connectivity index (χ4v) is 5.69. The molecule has 35 heavy (non-hydrogen) atoms. The molecule has 0 unspecified atom stereocenters. The van der Waals surface area contributed by atoms with Crippen molar-refractivity contribution >= 4 is 17.5 Å². The molecule has 2 saturated carbocycles. The summed E-state index contributed by atoms with van der Waals surface area (Å²) in [7, 11) is 1.49. The number of aryl methyl sites for hydroxylation is 2. The third-order valence-electron chi connectivity index (χ3n) is 7.36. The van der Waals surface area contributed by atoms with Crippen LogP contribution in [0.1, 0.15) is 84.1 Å². The van der Waals surface area contributed by atoms with Gasteiger partial charge in [0.15, 0.2) is 5.69 Å². The lowest BCUT2D eigenvalue weighted by molar-refractivity contribution is -0.138. The molecule has 1 aromatic carbocycles. The van der Waals surface area contributed by atoms with E-state index in [9.17, 15) is 14.4 Å². The number of ether oxygens (including phenoxy) is 1. The highest BCUT2D eigenvalue weighted by Crippen LogP contribution is 2.49. The highest BCUT2D eigenvalue weighted by Gasteiger charge is 2.47. The van der Waals surface area contributed by atoms with Crippen LogP contribution in [-0.4, -0.2) is 40.8 Å². The molecular weight excluding hydrogens is 442 g/mol. The minimum Gasteiger partial charge on any atom is -0.480 e. The Hall–Kier alpha value is -3.53. The SMILES string of the molecule is CC#Cc1cc(C)c(C2C(=O)CC3(CCC(NC(=O)c4ccc(OC)nn4)CC3)CC2=O)c(C)c1. The second-order valence-corrected chi connectivity index (χ2v) is 9.83. The lowest BCUT2D eigenvalue weighted by Crippen LogP contribution is -2.46. The summed E-state index contributed by atoms with van der Waals surface area (Å²) in [6.07, 6.45) is 3.73. The van der Waals surface area contributed by atoms with Gasteiger partial charge in [-0.25, -0.2) is 0 Å². The molecule has 1 aromatic heterocycles. The molecule has 0 atom stereocenters. The number of amides is 1. The molecule has 2 fully saturated rings. The molecule has 2 aliphatic rings. The maximum Gasteiger partial charge on any atom is 0.272 e. The van der Waals surface area contributed by atoms with Crippen molar-refractivity contribution in [3.05, 3.63) is 52.2 Å².